The van der Waals surface area contributed by atoms with E-state index in [0.29, 0.717) is 57.3 Å². The molecule has 2 aromatic rings. The number of carbonyl (C=O) groups excluding carboxylic acids is 1. The van der Waals surface area contributed by atoms with Crippen LogP contribution in [0.15, 0.2) is 33.5 Å². The molecule has 1 aliphatic heterocycles. The second kappa shape index (κ2) is 8.91. The molecular formula is C19H27N3O5S. The second-order valence-corrected chi connectivity index (χ2v) is 9.24. The van der Waals surface area contributed by atoms with Crippen LogP contribution in [0.4, 0.5) is 0 Å². The number of nitrogens with zero attached hydrogens (tertiary/aromatic N) is 2. The summed E-state index contributed by atoms with van der Waals surface area (Å²) in [5.74, 6) is -0.315. The zero-order valence-electron chi connectivity index (χ0n) is 16.1. The van der Waals surface area contributed by atoms with Crippen LogP contribution < -0.4 is 11.1 Å². The van der Waals surface area contributed by atoms with Gasteiger partial charge in [0.05, 0.1) is 11.3 Å². The Hall–Kier alpha value is -2.13. The minimum Gasteiger partial charge on any atom is -0.408 e. The summed E-state index contributed by atoms with van der Waals surface area (Å²) >= 11 is 0. The Morgan fingerprint density at radius 2 is 1.96 bits per heavy atom. The minimum absolute atomic E-state index is 0.00180. The monoisotopic (exact) mass is 409 g/mol. The van der Waals surface area contributed by atoms with Gasteiger partial charge in [0, 0.05) is 32.1 Å². The Bertz CT molecular complexity index is 971. The normalized spacial score (nSPS) is 16.5. The molecule has 1 amide bonds. The van der Waals surface area contributed by atoms with Crippen molar-refractivity contribution in [3.05, 3.63) is 34.8 Å². The van der Waals surface area contributed by atoms with Gasteiger partial charge in [-0.1, -0.05) is 19.1 Å². The van der Waals surface area contributed by atoms with Crippen LogP contribution in [0.5, 0.6) is 0 Å². The van der Waals surface area contributed by atoms with Gasteiger partial charge in [0.25, 0.3) is 0 Å². The quantitative estimate of drug-likeness (QED) is 0.715. The summed E-state index contributed by atoms with van der Waals surface area (Å²) in [7, 11) is -3.17. The van der Waals surface area contributed by atoms with Crippen LogP contribution in [0.1, 0.15) is 39.0 Å². The van der Waals surface area contributed by atoms with Crippen LogP contribution in [0, 0.1) is 0 Å². The van der Waals surface area contributed by atoms with E-state index in [2.05, 4.69) is 5.32 Å². The maximum Gasteiger partial charge on any atom is 0.419 e. The summed E-state index contributed by atoms with van der Waals surface area (Å²) in [6, 6.07) is 7.21. The molecule has 0 spiro atoms. The molecule has 1 N–H and O–H groups in total. The van der Waals surface area contributed by atoms with E-state index in [-0.39, 0.29) is 17.7 Å². The topological polar surface area (TPSA) is 102 Å². The van der Waals surface area contributed by atoms with Gasteiger partial charge in [0.1, 0.15) is 0 Å². The summed E-state index contributed by atoms with van der Waals surface area (Å²) in [4.78, 5) is 24.1. The zero-order chi connectivity index (χ0) is 20.1. The summed E-state index contributed by atoms with van der Waals surface area (Å²) < 4.78 is 32.4. The number of aromatic nitrogens is 1. The third kappa shape index (κ3) is 4.82. The van der Waals surface area contributed by atoms with E-state index in [1.165, 1.54) is 4.31 Å². The number of nitrogens with one attached hydrogen (secondary N) is 1. The molecule has 1 saturated heterocycles. The van der Waals surface area contributed by atoms with Crippen molar-refractivity contribution >= 4 is 27.0 Å². The van der Waals surface area contributed by atoms with Gasteiger partial charge >= 0.3 is 5.76 Å². The van der Waals surface area contributed by atoms with Crippen molar-refractivity contribution in [3.8, 4) is 0 Å². The highest BCUT2D eigenvalue weighted by Crippen LogP contribution is 2.16. The fraction of sp³-hybridized carbons (Fsp3) is 0.579. The van der Waals surface area contributed by atoms with E-state index in [0.717, 1.165) is 5.52 Å². The molecule has 0 saturated carbocycles. The van der Waals surface area contributed by atoms with Gasteiger partial charge in [-0.05, 0) is 37.8 Å². The first-order chi connectivity index (χ1) is 13.4. The summed E-state index contributed by atoms with van der Waals surface area (Å²) in [5, 5.41) is 2.98. The molecule has 1 aromatic heterocycles. The van der Waals surface area contributed by atoms with Gasteiger partial charge in [0.2, 0.25) is 15.9 Å². The van der Waals surface area contributed by atoms with Crippen molar-refractivity contribution in [1.82, 2.24) is 14.2 Å². The Kier molecular flexibility index (Phi) is 6.56. The molecule has 0 aliphatic carbocycles. The average Bonchev–Trinajstić information content (AvgIpc) is 2.98. The van der Waals surface area contributed by atoms with Gasteiger partial charge < -0.3 is 9.73 Å². The fourth-order valence-corrected chi connectivity index (χ4v) is 5.13. The molecule has 0 bridgehead atoms. The predicted octanol–water partition coefficient (Wildman–Crippen LogP) is 1.70. The number of aryl methyl sites for hydroxylation is 1. The zero-order valence-corrected chi connectivity index (χ0v) is 16.9. The third-order valence-corrected chi connectivity index (χ3v) is 7.11. The summed E-state index contributed by atoms with van der Waals surface area (Å²) in [6.45, 7) is 3.16. The Morgan fingerprint density at radius 1 is 1.25 bits per heavy atom. The second-order valence-electron chi connectivity index (χ2n) is 7.15. The highest BCUT2D eigenvalue weighted by atomic mass is 32.2. The van der Waals surface area contributed by atoms with Crippen LogP contribution in [-0.2, 0) is 21.4 Å². The number of carbonyl (C=O) groups is 1. The van der Waals surface area contributed by atoms with E-state index in [1.54, 1.807) is 10.6 Å². The SMILES string of the molecule is CCCS(=O)(=O)N1CCC(NC(=O)CCCn2c(=O)oc3ccccc32)CC1. The van der Waals surface area contributed by atoms with E-state index < -0.39 is 15.8 Å². The van der Waals surface area contributed by atoms with E-state index >= 15 is 0 Å². The van der Waals surface area contributed by atoms with Crippen LogP contribution >= 0.6 is 0 Å². The van der Waals surface area contributed by atoms with E-state index in [4.69, 9.17) is 4.42 Å². The van der Waals surface area contributed by atoms with Gasteiger partial charge in [-0.15, -0.1) is 0 Å². The lowest BCUT2D eigenvalue weighted by Gasteiger charge is -2.31. The lowest BCUT2D eigenvalue weighted by Crippen LogP contribution is -2.47. The lowest BCUT2D eigenvalue weighted by atomic mass is 10.1. The lowest BCUT2D eigenvalue weighted by molar-refractivity contribution is -0.122. The number of para-hydroxylation sites is 2. The number of benzene rings is 1. The minimum atomic E-state index is -3.17. The molecule has 0 radical (unpaired) electrons. The molecule has 1 aromatic carbocycles. The molecule has 154 valence electrons. The van der Waals surface area contributed by atoms with Crippen molar-refractivity contribution < 1.29 is 17.6 Å². The number of oxazole rings is 1. The summed E-state index contributed by atoms with van der Waals surface area (Å²) in [6.07, 6.45) is 2.69. The number of piperidine rings is 1. The first-order valence-electron chi connectivity index (χ1n) is 9.76. The molecule has 2 heterocycles. The van der Waals surface area contributed by atoms with Crippen LogP contribution in [0.25, 0.3) is 11.1 Å². The molecule has 9 heteroatoms. The predicted molar refractivity (Wildman–Crippen MR) is 107 cm³/mol. The highest BCUT2D eigenvalue weighted by molar-refractivity contribution is 7.89. The third-order valence-electron chi connectivity index (χ3n) is 5.03. The maximum absolute atomic E-state index is 12.2. The average molecular weight is 410 g/mol. The molecular weight excluding hydrogens is 382 g/mol. The first-order valence-corrected chi connectivity index (χ1v) is 11.4. The number of hydrogen-bond acceptors (Lipinski definition) is 5. The largest absolute Gasteiger partial charge is 0.419 e. The van der Waals surface area contributed by atoms with Gasteiger partial charge in [-0.3, -0.25) is 9.36 Å². The van der Waals surface area contributed by atoms with Crippen LogP contribution in [0.2, 0.25) is 0 Å². The smallest absolute Gasteiger partial charge is 0.408 e. The maximum atomic E-state index is 12.2. The summed E-state index contributed by atoms with van der Waals surface area (Å²) in [5.41, 5.74) is 1.27. The molecule has 3 rings (SSSR count). The molecule has 0 unspecified atom stereocenters. The number of rotatable bonds is 8. The van der Waals surface area contributed by atoms with E-state index in [1.807, 2.05) is 25.1 Å². The van der Waals surface area contributed by atoms with Gasteiger partial charge in [-0.25, -0.2) is 17.5 Å². The van der Waals surface area contributed by atoms with Crippen molar-refractivity contribution in [2.24, 2.45) is 0 Å². The van der Waals surface area contributed by atoms with E-state index in [9.17, 15) is 18.0 Å². The fourth-order valence-electron chi connectivity index (χ4n) is 3.59. The molecule has 0 atom stereocenters. The molecule has 1 aliphatic rings. The standard InChI is InChI=1S/C19H27N3O5S/c1-2-14-28(25,26)21-12-9-15(10-13-21)20-18(23)8-5-11-22-16-6-3-4-7-17(16)27-19(22)24/h3-4,6-7,15H,2,5,8-14H2,1H3,(H,20,23). The van der Waals surface area contributed by atoms with Gasteiger partial charge in [-0.2, -0.15) is 0 Å². The van der Waals surface area contributed by atoms with Crippen molar-refractivity contribution in [2.45, 2.75) is 51.6 Å². The number of fused-ring (bicyclic) bond motifs is 1. The first kappa shape index (κ1) is 20.6. The van der Waals surface area contributed by atoms with Gasteiger partial charge in [0.15, 0.2) is 5.58 Å². The van der Waals surface area contributed by atoms with Crippen molar-refractivity contribution in [1.29, 1.82) is 0 Å². The molecule has 8 nitrogen and oxygen atoms in total. The molecule has 1 fully saturated rings. The Morgan fingerprint density at radius 3 is 2.68 bits per heavy atom. The van der Waals surface area contributed by atoms with Crippen molar-refractivity contribution in [2.75, 3.05) is 18.8 Å². The van der Waals surface area contributed by atoms with Crippen molar-refractivity contribution in [3.63, 3.8) is 0 Å². The van der Waals surface area contributed by atoms with Crippen LogP contribution in [0.3, 0.4) is 0 Å². The van der Waals surface area contributed by atoms with Crippen LogP contribution in [-0.4, -0.2) is 48.1 Å². The number of sulfonamides is 1. The molecule has 28 heavy (non-hydrogen) atoms. The number of amides is 1. The Balaban J connectivity index is 1.44. The number of hydrogen-bond donors (Lipinski definition) is 1. The Labute approximate surface area is 164 Å². The highest BCUT2D eigenvalue weighted by Gasteiger charge is 2.27.